The largest absolute Gasteiger partial charge is 0.417 e. The number of pyridine rings is 1. The van der Waals surface area contributed by atoms with Crippen molar-refractivity contribution in [3.63, 3.8) is 0 Å². The van der Waals surface area contributed by atoms with Gasteiger partial charge in [0, 0.05) is 12.7 Å². The van der Waals surface area contributed by atoms with Crippen molar-refractivity contribution in [2.24, 2.45) is 7.05 Å². The predicted octanol–water partition coefficient (Wildman–Crippen LogP) is 4.41. The van der Waals surface area contributed by atoms with E-state index < -0.39 is 17.3 Å². The second kappa shape index (κ2) is 6.25. The summed E-state index contributed by atoms with van der Waals surface area (Å²) in [4.78, 5) is 16.9. The molecule has 27 heavy (non-hydrogen) atoms. The van der Waals surface area contributed by atoms with Crippen LogP contribution < -0.4 is 5.56 Å². The van der Waals surface area contributed by atoms with Crippen molar-refractivity contribution in [1.29, 1.82) is 0 Å². The molecular formula is C20H22F3N3O. The van der Waals surface area contributed by atoms with Crippen molar-refractivity contribution >= 4 is 11.0 Å². The molecule has 0 unspecified atom stereocenters. The van der Waals surface area contributed by atoms with E-state index in [1.165, 1.54) is 16.3 Å². The Morgan fingerprint density at radius 2 is 1.67 bits per heavy atom. The SMILES string of the molecule is Cc1cc(C(F)(F)F)c2c(=O)n(Cc3ccc(C(C)(C)C)cc3)n(C)c2n1. The van der Waals surface area contributed by atoms with E-state index in [0.717, 1.165) is 17.2 Å². The zero-order valence-corrected chi connectivity index (χ0v) is 16.0. The van der Waals surface area contributed by atoms with Crippen molar-refractivity contribution in [3.05, 3.63) is 63.1 Å². The van der Waals surface area contributed by atoms with Crippen LogP contribution >= 0.6 is 0 Å². The van der Waals surface area contributed by atoms with Gasteiger partial charge in [0.25, 0.3) is 5.56 Å². The van der Waals surface area contributed by atoms with E-state index in [2.05, 4.69) is 25.8 Å². The van der Waals surface area contributed by atoms with Gasteiger partial charge in [-0.1, -0.05) is 45.0 Å². The summed E-state index contributed by atoms with van der Waals surface area (Å²) in [6, 6.07) is 8.67. The number of aromatic nitrogens is 3. The minimum absolute atomic E-state index is 0.00191. The van der Waals surface area contributed by atoms with Gasteiger partial charge in [-0.2, -0.15) is 13.2 Å². The lowest BCUT2D eigenvalue weighted by Crippen LogP contribution is -2.23. The van der Waals surface area contributed by atoms with Crippen LogP contribution in [-0.2, 0) is 25.2 Å². The van der Waals surface area contributed by atoms with Gasteiger partial charge in [-0.05, 0) is 29.5 Å². The molecule has 0 amide bonds. The van der Waals surface area contributed by atoms with Gasteiger partial charge in [0.05, 0.1) is 17.5 Å². The van der Waals surface area contributed by atoms with E-state index in [9.17, 15) is 18.0 Å². The summed E-state index contributed by atoms with van der Waals surface area (Å²) in [5, 5.41) is -0.387. The quantitative estimate of drug-likeness (QED) is 0.664. The third-order valence-corrected chi connectivity index (χ3v) is 4.70. The van der Waals surface area contributed by atoms with Gasteiger partial charge >= 0.3 is 6.18 Å². The van der Waals surface area contributed by atoms with Crippen LogP contribution in [0.2, 0.25) is 0 Å². The standard InChI is InChI=1S/C20H22F3N3O/c1-12-10-15(20(21,22)23)16-17(24-12)25(5)26(18(16)27)11-13-6-8-14(9-7-13)19(2,3)4/h6-10H,11H2,1-5H3. The van der Waals surface area contributed by atoms with Crippen LogP contribution in [0.5, 0.6) is 0 Å². The molecule has 0 radical (unpaired) electrons. The van der Waals surface area contributed by atoms with Crippen molar-refractivity contribution in [2.75, 3.05) is 0 Å². The number of aryl methyl sites for hydroxylation is 2. The highest BCUT2D eigenvalue weighted by Crippen LogP contribution is 2.33. The number of hydrogen-bond donors (Lipinski definition) is 0. The predicted molar refractivity (Wildman–Crippen MR) is 99.0 cm³/mol. The molecule has 0 aliphatic carbocycles. The zero-order chi connectivity index (χ0) is 20.1. The molecule has 144 valence electrons. The van der Waals surface area contributed by atoms with Crippen LogP contribution in [-0.4, -0.2) is 14.3 Å². The fourth-order valence-corrected chi connectivity index (χ4v) is 3.17. The average Bonchev–Trinajstić information content (AvgIpc) is 2.78. The summed E-state index contributed by atoms with van der Waals surface area (Å²) < 4.78 is 42.9. The van der Waals surface area contributed by atoms with Gasteiger partial charge in [0.1, 0.15) is 0 Å². The first-order valence-electron chi connectivity index (χ1n) is 8.63. The molecule has 0 bridgehead atoms. The maximum Gasteiger partial charge on any atom is 0.417 e. The van der Waals surface area contributed by atoms with E-state index in [-0.39, 0.29) is 28.7 Å². The van der Waals surface area contributed by atoms with Gasteiger partial charge < -0.3 is 0 Å². The second-order valence-electron chi connectivity index (χ2n) is 7.84. The highest BCUT2D eigenvalue weighted by molar-refractivity contribution is 5.79. The molecule has 0 N–H and O–H groups in total. The topological polar surface area (TPSA) is 39.8 Å². The van der Waals surface area contributed by atoms with Crippen molar-refractivity contribution in [2.45, 2.75) is 45.8 Å². The normalized spacial score (nSPS) is 12.7. The zero-order valence-electron chi connectivity index (χ0n) is 16.0. The van der Waals surface area contributed by atoms with Crippen LogP contribution in [0, 0.1) is 6.92 Å². The maximum atomic E-state index is 13.4. The van der Waals surface area contributed by atoms with Crippen molar-refractivity contribution < 1.29 is 13.2 Å². The lowest BCUT2D eigenvalue weighted by Gasteiger charge is -2.19. The van der Waals surface area contributed by atoms with Gasteiger partial charge in [-0.3, -0.25) is 9.48 Å². The van der Waals surface area contributed by atoms with E-state index in [1.807, 2.05) is 24.3 Å². The van der Waals surface area contributed by atoms with Crippen molar-refractivity contribution in [3.8, 4) is 0 Å². The van der Waals surface area contributed by atoms with Crippen molar-refractivity contribution in [1.82, 2.24) is 14.3 Å². The number of benzene rings is 1. The summed E-state index contributed by atoms with van der Waals surface area (Å²) in [5.41, 5.74) is 0.613. The Balaban J connectivity index is 2.12. The molecule has 0 fully saturated rings. The van der Waals surface area contributed by atoms with Gasteiger partial charge in [0.2, 0.25) is 0 Å². The molecular weight excluding hydrogens is 355 g/mol. The molecule has 1 aromatic carbocycles. The molecule has 0 saturated carbocycles. The van der Waals surface area contributed by atoms with Crippen LogP contribution in [0.4, 0.5) is 13.2 Å². The Morgan fingerprint density at radius 1 is 1.07 bits per heavy atom. The molecule has 7 heteroatoms. The van der Waals surface area contributed by atoms with E-state index in [0.29, 0.717) is 0 Å². The first-order chi connectivity index (χ1) is 12.4. The molecule has 3 rings (SSSR count). The maximum absolute atomic E-state index is 13.4. The van der Waals surface area contributed by atoms with E-state index >= 15 is 0 Å². The Hall–Kier alpha value is -2.57. The minimum atomic E-state index is -4.61. The minimum Gasteiger partial charge on any atom is -0.268 e. The molecule has 3 aromatic rings. The Labute approximate surface area is 155 Å². The number of fused-ring (bicyclic) bond motifs is 1. The molecule has 4 nitrogen and oxygen atoms in total. The van der Waals surface area contributed by atoms with Crippen LogP contribution in [0.15, 0.2) is 35.1 Å². The first kappa shape index (κ1) is 19.2. The van der Waals surface area contributed by atoms with Gasteiger partial charge in [0.15, 0.2) is 5.65 Å². The number of hydrogen-bond acceptors (Lipinski definition) is 2. The average molecular weight is 377 g/mol. The molecule has 2 aromatic heterocycles. The summed E-state index contributed by atoms with van der Waals surface area (Å²) in [6.07, 6.45) is -4.61. The fourth-order valence-electron chi connectivity index (χ4n) is 3.17. The van der Waals surface area contributed by atoms with Crippen LogP contribution in [0.3, 0.4) is 0 Å². The smallest absolute Gasteiger partial charge is 0.268 e. The summed E-state index contributed by atoms with van der Waals surface area (Å²) in [7, 11) is 1.56. The number of halogens is 3. The molecule has 0 aliphatic heterocycles. The summed E-state index contributed by atoms with van der Waals surface area (Å²) >= 11 is 0. The monoisotopic (exact) mass is 377 g/mol. The third kappa shape index (κ3) is 3.50. The number of alkyl halides is 3. The van der Waals surface area contributed by atoms with E-state index in [1.54, 1.807) is 7.05 Å². The Bertz CT molecular complexity index is 1050. The molecule has 0 atom stereocenters. The van der Waals surface area contributed by atoms with Crippen LogP contribution in [0.25, 0.3) is 11.0 Å². The number of nitrogens with zero attached hydrogens (tertiary/aromatic N) is 3. The molecule has 2 heterocycles. The third-order valence-electron chi connectivity index (χ3n) is 4.70. The Kier molecular flexibility index (Phi) is 4.44. The number of rotatable bonds is 2. The highest BCUT2D eigenvalue weighted by Gasteiger charge is 2.36. The van der Waals surface area contributed by atoms with E-state index in [4.69, 9.17) is 0 Å². The Morgan fingerprint density at radius 3 is 2.19 bits per heavy atom. The van der Waals surface area contributed by atoms with Gasteiger partial charge in [-0.25, -0.2) is 9.67 Å². The summed E-state index contributed by atoms with van der Waals surface area (Å²) in [6.45, 7) is 7.96. The molecule has 0 spiro atoms. The lowest BCUT2D eigenvalue weighted by atomic mass is 9.87. The second-order valence-corrected chi connectivity index (χ2v) is 7.84. The molecule has 0 saturated heterocycles. The fraction of sp³-hybridized carbons (Fsp3) is 0.400. The van der Waals surface area contributed by atoms with Gasteiger partial charge in [-0.15, -0.1) is 0 Å². The highest BCUT2D eigenvalue weighted by atomic mass is 19.4. The summed E-state index contributed by atoms with van der Waals surface area (Å²) in [5.74, 6) is 0. The lowest BCUT2D eigenvalue weighted by molar-refractivity contribution is -0.136. The molecule has 0 aliphatic rings. The van der Waals surface area contributed by atoms with Crippen LogP contribution in [0.1, 0.15) is 43.2 Å². The first-order valence-corrected chi connectivity index (χ1v) is 8.63.